The van der Waals surface area contributed by atoms with E-state index < -0.39 is 0 Å². The van der Waals surface area contributed by atoms with Crippen molar-refractivity contribution in [3.63, 3.8) is 0 Å². The molecular formula is C19H15BrN4O. The minimum atomic E-state index is -0.273. The molecular weight excluding hydrogens is 380 g/mol. The molecule has 2 aromatic carbocycles. The highest BCUT2D eigenvalue weighted by Gasteiger charge is 2.09. The maximum Gasteiger partial charge on any atom is 0.259 e. The summed E-state index contributed by atoms with van der Waals surface area (Å²) in [7, 11) is 3.93. The van der Waals surface area contributed by atoms with E-state index in [4.69, 9.17) is 0 Å². The Kier molecular flexibility index (Phi) is 4.68. The summed E-state index contributed by atoms with van der Waals surface area (Å²) in [6, 6.07) is 15.2. The van der Waals surface area contributed by atoms with Gasteiger partial charge in [0.15, 0.2) is 5.82 Å². The summed E-state index contributed by atoms with van der Waals surface area (Å²) in [6.07, 6.45) is 1.71. The van der Waals surface area contributed by atoms with Crippen LogP contribution in [0, 0.1) is 11.3 Å². The van der Waals surface area contributed by atoms with Crippen molar-refractivity contribution in [3.8, 4) is 6.07 Å². The van der Waals surface area contributed by atoms with Gasteiger partial charge in [0.2, 0.25) is 0 Å². The van der Waals surface area contributed by atoms with Crippen molar-refractivity contribution in [1.82, 2.24) is 9.97 Å². The number of hydrogen-bond donors (Lipinski definition) is 1. The molecule has 0 saturated heterocycles. The number of H-pyrrole nitrogens is 1. The SMILES string of the molecule is CN(C)c1ccc(/C=C(\C#N)c2nc3ccc(Br)cc3c(=O)[nH]2)cc1. The van der Waals surface area contributed by atoms with Crippen molar-refractivity contribution >= 4 is 44.2 Å². The van der Waals surface area contributed by atoms with Crippen LogP contribution in [0.25, 0.3) is 22.6 Å². The van der Waals surface area contributed by atoms with Gasteiger partial charge in [-0.2, -0.15) is 5.26 Å². The van der Waals surface area contributed by atoms with Crippen molar-refractivity contribution in [2.75, 3.05) is 19.0 Å². The van der Waals surface area contributed by atoms with Crippen LogP contribution in [0.5, 0.6) is 0 Å². The highest BCUT2D eigenvalue weighted by atomic mass is 79.9. The predicted molar refractivity (Wildman–Crippen MR) is 104 cm³/mol. The minimum Gasteiger partial charge on any atom is -0.378 e. The van der Waals surface area contributed by atoms with Crippen LogP contribution >= 0.6 is 15.9 Å². The molecule has 3 rings (SSSR count). The summed E-state index contributed by atoms with van der Waals surface area (Å²) in [5.41, 5.74) is 2.51. The van der Waals surface area contributed by atoms with Crippen LogP contribution in [0.2, 0.25) is 0 Å². The number of nitriles is 1. The Balaban J connectivity index is 2.06. The zero-order chi connectivity index (χ0) is 18.0. The summed E-state index contributed by atoms with van der Waals surface area (Å²) in [6.45, 7) is 0. The number of anilines is 1. The average Bonchev–Trinajstić information content (AvgIpc) is 2.60. The fourth-order valence-corrected chi connectivity index (χ4v) is 2.79. The van der Waals surface area contributed by atoms with Crippen LogP contribution in [0.15, 0.2) is 51.7 Å². The van der Waals surface area contributed by atoms with Gasteiger partial charge in [-0.05, 0) is 42.0 Å². The minimum absolute atomic E-state index is 0.263. The van der Waals surface area contributed by atoms with E-state index in [1.807, 2.05) is 49.3 Å². The second-order valence-electron chi connectivity index (χ2n) is 5.73. The van der Waals surface area contributed by atoms with Gasteiger partial charge in [-0.3, -0.25) is 4.79 Å². The molecule has 5 nitrogen and oxygen atoms in total. The van der Waals surface area contributed by atoms with E-state index in [-0.39, 0.29) is 11.4 Å². The molecule has 3 aromatic rings. The van der Waals surface area contributed by atoms with Gasteiger partial charge in [-0.25, -0.2) is 4.98 Å². The number of halogens is 1. The van der Waals surface area contributed by atoms with Gasteiger partial charge in [0, 0.05) is 24.3 Å². The molecule has 0 radical (unpaired) electrons. The molecule has 1 heterocycles. The molecule has 0 aliphatic heterocycles. The number of aromatic nitrogens is 2. The summed E-state index contributed by atoms with van der Waals surface area (Å²) in [4.78, 5) is 21.4. The van der Waals surface area contributed by atoms with Gasteiger partial charge in [0.1, 0.15) is 6.07 Å². The molecule has 0 bridgehead atoms. The second kappa shape index (κ2) is 6.91. The highest BCUT2D eigenvalue weighted by Crippen LogP contribution is 2.20. The first-order valence-electron chi connectivity index (χ1n) is 7.57. The molecule has 0 atom stereocenters. The fraction of sp³-hybridized carbons (Fsp3) is 0.105. The van der Waals surface area contributed by atoms with Crippen LogP contribution in [0.4, 0.5) is 5.69 Å². The van der Waals surface area contributed by atoms with Crippen molar-refractivity contribution in [3.05, 3.63) is 68.7 Å². The normalized spacial score (nSPS) is 11.4. The molecule has 0 amide bonds. The van der Waals surface area contributed by atoms with E-state index in [0.29, 0.717) is 16.5 Å². The van der Waals surface area contributed by atoms with Gasteiger partial charge < -0.3 is 9.88 Å². The maximum absolute atomic E-state index is 12.3. The number of aromatic amines is 1. The van der Waals surface area contributed by atoms with Crippen molar-refractivity contribution in [2.45, 2.75) is 0 Å². The molecule has 0 aliphatic carbocycles. The first-order chi connectivity index (χ1) is 12.0. The third-order valence-electron chi connectivity index (χ3n) is 3.76. The first kappa shape index (κ1) is 16.9. The Bertz CT molecular complexity index is 1060. The lowest BCUT2D eigenvalue weighted by Crippen LogP contribution is -2.11. The van der Waals surface area contributed by atoms with Crippen molar-refractivity contribution in [2.24, 2.45) is 0 Å². The Morgan fingerprint density at radius 3 is 2.60 bits per heavy atom. The first-order valence-corrected chi connectivity index (χ1v) is 8.36. The van der Waals surface area contributed by atoms with Crippen LogP contribution in [-0.4, -0.2) is 24.1 Å². The van der Waals surface area contributed by atoms with E-state index in [2.05, 4.69) is 32.0 Å². The van der Waals surface area contributed by atoms with Crippen LogP contribution in [-0.2, 0) is 0 Å². The Morgan fingerprint density at radius 1 is 1.24 bits per heavy atom. The maximum atomic E-state index is 12.3. The predicted octanol–water partition coefficient (Wildman–Crippen LogP) is 3.82. The fourth-order valence-electron chi connectivity index (χ4n) is 2.43. The number of nitrogens with one attached hydrogen (secondary N) is 1. The van der Waals surface area contributed by atoms with Crippen LogP contribution < -0.4 is 10.5 Å². The zero-order valence-corrected chi connectivity index (χ0v) is 15.3. The molecule has 0 saturated carbocycles. The molecule has 0 aliphatic rings. The van der Waals surface area contributed by atoms with Gasteiger partial charge in [-0.15, -0.1) is 0 Å². The molecule has 1 N–H and O–H groups in total. The van der Waals surface area contributed by atoms with Crippen molar-refractivity contribution < 1.29 is 0 Å². The number of fused-ring (bicyclic) bond motifs is 1. The standard InChI is InChI=1S/C19H15BrN4O/c1-24(2)15-6-3-12(4-7-15)9-13(11-21)18-22-17-8-5-14(20)10-16(17)19(25)23-18/h3-10H,1-2H3,(H,22,23,25)/b13-9+. The number of nitrogens with zero attached hydrogens (tertiary/aromatic N) is 3. The molecule has 0 spiro atoms. The lowest BCUT2D eigenvalue weighted by atomic mass is 10.1. The van der Waals surface area contributed by atoms with Gasteiger partial charge in [-0.1, -0.05) is 28.1 Å². The topological polar surface area (TPSA) is 72.8 Å². The number of hydrogen-bond acceptors (Lipinski definition) is 4. The van der Waals surface area contributed by atoms with E-state index in [1.165, 1.54) is 0 Å². The molecule has 25 heavy (non-hydrogen) atoms. The third kappa shape index (κ3) is 3.62. The highest BCUT2D eigenvalue weighted by molar-refractivity contribution is 9.10. The number of rotatable bonds is 3. The molecule has 0 unspecified atom stereocenters. The Morgan fingerprint density at radius 2 is 1.96 bits per heavy atom. The van der Waals surface area contributed by atoms with Gasteiger partial charge in [0.05, 0.1) is 16.5 Å². The number of allylic oxidation sites excluding steroid dienone is 1. The summed E-state index contributed by atoms with van der Waals surface area (Å²) in [5.74, 6) is 0.263. The monoisotopic (exact) mass is 394 g/mol. The average molecular weight is 395 g/mol. The van der Waals surface area contributed by atoms with E-state index in [9.17, 15) is 10.1 Å². The Hall–Kier alpha value is -2.91. The van der Waals surface area contributed by atoms with E-state index >= 15 is 0 Å². The third-order valence-corrected chi connectivity index (χ3v) is 4.26. The van der Waals surface area contributed by atoms with E-state index in [0.717, 1.165) is 15.7 Å². The molecule has 1 aromatic heterocycles. The smallest absolute Gasteiger partial charge is 0.259 e. The summed E-state index contributed by atoms with van der Waals surface area (Å²) >= 11 is 3.34. The summed E-state index contributed by atoms with van der Waals surface area (Å²) < 4.78 is 0.803. The zero-order valence-electron chi connectivity index (χ0n) is 13.7. The molecule has 0 fully saturated rings. The lowest BCUT2D eigenvalue weighted by molar-refractivity contribution is 1.13. The largest absolute Gasteiger partial charge is 0.378 e. The Labute approximate surface area is 153 Å². The van der Waals surface area contributed by atoms with Crippen LogP contribution in [0.3, 0.4) is 0 Å². The van der Waals surface area contributed by atoms with Crippen molar-refractivity contribution in [1.29, 1.82) is 5.26 Å². The molecule has 6 heteroatoms. The summed E-state index contributed by atoms with van der Waals surface area (Å²) in [5, 5.41) is 9.97. The van der Waals surface area contributed by atoms with E-state index in [1.54, 1.807) is 18.2 Å². The second-order valence-corrected chi connectivity index (χ2v) is 6.65. The quantitative estimate of drug-likeness (QED) is 0.685. The lowest BCUT2D eigenvalue weighted by Gasteiger charge is -2.11. The van der Waals surface area contributed by atoms with Crippen LogP contribution in [0.1, 0.15) is 11.4 Å². The van der Waals surface area contributed by atoms with Gasteiger partial charge in [0.25, 0.3) is 5.56 Å². The number of benzene rings is 2. The molecule has 124 valence electrons. The van der Waals surface area contributed by atoms with Gasteiger partial charge >= 0.3 is 0 Å².